The van der Waals surface area contributed by atoms with Gasteiger partial charge in [0.15, 0.2) is 0 Å². The maximum absolute atomic E-state index is 12.6. The van der Waals surface area contributed by atoms with Gasteiger partial charge >= 0.3 is 5.97 Å². The molecule has 0 saturated heterocycles. The molecule has 0 aromatic carbocycles. The van der Waals surface area contributed by atoms with E-state index in [-0.39, 0.29) is 17.5 Å². The Balaban J connectivity index is 2.51. The minimum atomic E-state index is -1.07. The van der Waals surface area contributed by atoms with Crippen molar-refractivity contribution in [3.05, 3.63) is 23.0 Å². The van der Waals surface area contributed by atoms with E-state index in [0.29, 0.717) is 22.3 Å². The normalized spacial score (nSPS) is 12.8. The monoisotopic (exact) mass is 319 g/mol. The molecule has 0 aliphatic heterocycles. The predicted octanol–water partition coefficient (Wildman–Crippen LogP) is 2.49. The number of carboxylic acid groups (broad SMARTS) is 1. The maximum Gasteiger partial charge on any atom is 0.326 e. The Kier molecular flexibility index (Phi) is 4.68. The van der Waals surface area contributed by atoms with E-state index in [1.165, 1.54) is 0 Å². The van der Waals surface area contributed by atoms with Gasteiger partial charge in [0.05, 0.1) is 16.6 Å². The van der Waals surface area contributed by atoms with E-state index >= 15 is 0 Å². The molecular weight excluding hydrogens is 298 g/mol. The summed E-state index contributed by atoms with van der Waals surface area (Å²) in [5, 5.41) is 16.4. The summed E-state index contributed by atoms with van der Waals surface area (Å²) in [6.07, 6.45) is 0. The number of carbonyl (C=O) groups is 2. The fourth-order valence-corrected chi connectivity index (χ4v) is 2.40. The Morgan fingerprint density at radius 1 is 1.26 bits per heavy atom. The zero-order chi connectivity index (χ0) is 17.3. The van der Waals surface area contributed by atoms with Gasteiger partial charge in [0.2, 0.25) is 0 Å². The van der Waals surface area contributed by atoms with Crippen LogP contribution in [0.1, 0.15) is 55.4 Å². The van der Waals surface area contributed by atoms with Crippen LogP contribution in [-0.2, 0) is 4.79 Å². The molecule has 0 radical (unpaired) electrons. The zero-order valence-electron chi connectivity index (χ0n) is 13.9. The van der Waals surface area contributed by atoms with Crippen LogP contribution in [0.25, 0.3) is 11.1 Å². The van der Waals surface area contributed by atoms with Gasteiger partial charge in [0.1, 0.15) is 6.04 Å². The number of hydrogen-bond donors (Lipinski definition) is 2. The van der Waals surface area contributed by atoms with Crippen molar-refractivity contribution < 1.29 is 19.2 Å². The molecule has 2 N–H and O–H groups in total. The minimum Gasteiger partial charge on any atom is -0.480 e. The number of aromatic nitrogens is 2. The van der Waals surface area contributed by atoms with Crippen LogP contribution in [0.2, 0.25) is 0 Å². The molecule has 0 aliphatic carbocycles. The maximum atomic E-state index is 12.6. The summed E-state index contributed by atoms with van der Waals surface area (Å²) in [4.78, 5) is 28.2. The second-order valence-electron chi connectivity index (χ2n) is 6.25. The molecule has 0 fully saturated rings. The third-order valence-corrected chi connectivity index (χ3v) is 3.61. The van der Waals surface area contributed by atoms with Crippen molar-refractivity contribution in [2.75, 3.05) is 0 Å². The third kappa shape index (κ3) is 3.33. The van der Waals surface area contributed by atoms with Crippen LogP contribution >= 0.6 is 0 Å². The fourth-order valence-electron chi connectivity index (χ4n) is 2.40. The van der Waals surface area contributed by atoms with Crippen molar-refractivity contribution in [2.24, 2.45) is 5.92 Å². The molecule has 23 heavy (non-hydrogen) atoms. The first-order valence-corrected chi connectivity index (χ1v) is 7.53. The standard InChI is InChI=1S/C16H21N3O4/c1-7(2)12-11-10(6-9(5)17-15(11)23-19-12)14(20)18-13(8(3)4)16(21)22/h6-8,13H,1-5H3,(H,18,20)(H,21,22)/t13-/m1/s1. The number of aryl methyl sites for hydroxylation is 1. The van der Waals surface area contributed by atoms with E-state index in [2.05, 4.69) is 15.5 Å². The van der Waals surface area contributed by atoms with Crippen molar-refractivity contribution in [1.29, 1.82) is 0 Å². The van der Waals surface area contributed by atoms with Crippen LogP contribution in [0.3, 0.4) is 0 Å². The molecule has 2 heterocycles. The number of fused-ring (bicyclic) bond motifs is 1. The van der Waals surface area contributed by atoms with Crippen molar-refractivity contribution in [1.82, 2.24) is 15.5 Å². The van der Waals surface area contributed by atoms with Crippen molar-refractivity contribution in [2.45, 2.75) is 46.6 Å². The second kappa shape index (κ2) is 6.36. The highest BCUT2D eigenvalue weighted by molar-refractivity contribution is 6.07. The summed E-state index contributed by atoms with van der Waals surface area (Å²) < 4.78 is 5.22. The molecule has 0 spiro atoms. The first kappa shape index (κ1) is 16.9. The van der Waals surface area contributed by atoms with Gasteiger partial charge in [-0.2, -0.15) is 0 Å². The molecule has 124 valence electrons. The van der Waals surface area contributed by atoms with Crippen molar-refractivity contribution in [3.8, 4) is 0 Å². The summed E-state index contributed by atoms with van der Waals surface area (Å²) in [7, 11) is 0. The average Bonchev–Trinajstić information content (AvgIpc) is 2.86. The lowest BCUT2D eigenvalue weighted by Gasteiger charge is -2.18. The van der Waals surface area contributed by atoms with E-state index in [1.807, 2.05) is 13.8 Å². The van der Waals surface area contributed by atoms with Crippen LogP contribution in [-0.4, -0.2) is 33.2 Å². The van der Waals surface area contributed by atoms with Gasteiger partial charge in [-0.15, -0.1) is 0 Å². The van der Waals surface area contributed by atoms with Crippen LogP contribution < -0.4 is 5.32 Å². The van der Waals surface area contributed by atoms with E-state index in [1.54, 1.807) is 26.8 Å². The largest absolute Gasteiger partial charge is 0.480 e. The Bertz CT molecular complexity index is 749. The number of carboxylic acids is 1. The topological polar surface area (TPSA) is 105 Å². The number of rotatable bonds is 5. The molecule has 1 amide bonds. The Hall–Kier alpha value is -2.44. The van der Waals surface area contributed by atoms with Gasteiger partial charge in [0.25, 0.3) is 11.6 Å². The zero-order valence-corrected chi connectivity index (χ0v) is 13.9. The smallest absolute Gasteiger partial charge is 0.326 e. The third-order valence-electron chi connectivity index (χ3n) is 3.61. The Morgan fingerprint density at radius 3 is 2.43 bits per heavy atom. The molecule has 7 heteroatoms. The molecule has 0 saturated carbocycles. The number of nitrogens with one attached hydrogen (secondary N) is 1. The summed E-state index contributed by atoms with van der Waals surface area (Å²) in [6.45, 7) is 9.10. The van der Waals surface area contributed by atoms with E-state index in [4.69, 9.17) is 4.52 Å². The molecule has 1 atom stereocenters. The van der Waals surface area contributed by atoms with Crippen LogP contribution in [0.4, 0.5) is 0 Å². The molecule has 0 aliphatic rings. The quantitative estimate of drug-likeness (QED) is 0.877. The van der Waals surface area contributed by atoms with Gasteiger partial charge in [0, 0.05) is 5.69 Å². The van der Waals surface area contributed by atoms with Gasteiger partial charge in [-0.05, 0) is 24.8 Å². The Labute approximate surface area is 134 Å². The number of aliphatic carboxylic acids is 1. The summed E-state index contributed by atoms with van der Waals surface area (Å²) in [5.74, 6) is -1.72. The minimum absolute atomic E-state index is 0.0488. The number of carbonyl (C=O) groups excluding carboxylic acids is 1. The Morgan fingerprint density at radius 2 is 1.91 bits per heavy atom. The molecular formula is C16H21N3O4. The van der Waals surface area contributed by atoms with Crippen molar-refractivity contribution in [3.63, 3.8) is 0 Å². The fraction of sp³-hybridized carbons (Fsp3) is 0.500. The summed E-state index contributed by atoms with van der Waals surface area (Å²) in [6, 6.07) is 0.661. The van der Waals surface area contributed by atoms with E-state index in [9.17, 15) is 14.7 Å². The van der Waals surface area contributed by atoms with Crippen LogP contribution in [0.15, 0.2) is 10.6 Å². The van der Waals surface area contributed by atoms with Crippen LogP contribution in [0.5, 0.6) is 0 Å². The molecule has 0 bridgehead atoms. The van der Waals surface area contributed by atoms with Crippen LogP contribution in [0, 0.1) is 12.8 Å². The molecule has 7 nitrogen and oxygen atoms in total. The molecule has 0 unspecified atom stereocenters. The van der Waals surface area contributed by atoms with E-state index < -0.39 is 17.9 Å². The second-order valence-corrected chi connectivity index (χ2v) is 6.25. The van der Waals surface area contributed by atoms with Gasteiger partial charge in [-0.3, -0.25) is 4.79 Å². The highest BCUT2D eigenvalue weighted by atomic mass is 16.5. The van der Waals surface area contributed by atoms with Gasteiger partial charge in [-0.25, -0.2) is 9.78 Å². The molecule has 2 aromatic rings. The predicted molar refractivity (Wildman–Crippen MR) is 84.4 cm³/mol. The lowest BCUT2D eigenvalue weighted by molar-refractivity contribution is -0.140. The molecule has 2 aromatic heterocycles. The average molecular weight is 319 g/mol. The van der Waals surface area contributed by atoms with Crippen molar-refractivity contribution >= 4 is 23.0 Å². The lowest BCUT2D eigenvalue weighted by Crippen LogP contribution is -2.44. The SMILES string of the molecule is Cc1cc(C(=O)N[C@@H](C(=O)O)C(C)C)c2c(C(C)C)noc2n1. The number of nitrogens with zero attached hydrogens (tertiary/aromatic N) is 2. The highest BCUT2D eigenvalue weighted by Gasteiger charge is 2.27. The number of amides is 1. The number of pyridine rings is 1. The first-order valence-electron chi connectivity index (χ1n) is 7.53. The van der Waals surface area contributed by atoms with E-state index in [0.717, 1.165) is 0 Å². The van der Waals surface area contributed by atoms with Gasteiger partial charge in [-0.1, -0.05) is 32.9 Å². The summed E-state index contributed by atoms with van der Waals surface area (Å²) >= 11 is 0. The number of hydrogen-bond acceptors (Lipinski definition) is 5. The first-order chi connectivity index (χ1) is 10.7. The lowest BCUT2D eigenvalue weighted by atomic mass is 10.0. The molecule has 2 rings (SSSR count). The van der Waals surface area contributed by atoms with Gasteiger partial charge < -0.3 is 14.9 Å². The summed E-state index contributed by atoms with van der Waals surface area (Å²) in [5.41, 5.74) is 1.86. The highest BCUT2D eigenvalue weighted by Crippen LogP contribution is 2.27.